The minimum absolute atomic E-state index is 0.0632. The summed E-state index contributed by atoms with van der Waals surface area (Å²) in [6.07, 6.45) is -2.42. The molecule has 1 aliphatic rings. The van der Waals surface area contributed by atoms with E-state index in [0.29, 0.717) is 16.7 Å². The van der Waals surface area contributed by atoms with Gasteiger partial charge < -0.3 is 4.84 Å². The fourth-order valence-electron chi connectivity index (χ4n) is 3.52. The number of nitrogens with one attached hydrogen (secondary N) is 2. The van der Waals surface area contributed by atoms with Crippen LogP contribution in [0.15, 0.2) is 66.1 Å². The summed E-state index contributed by atoms with van der Waals surface area (Å²) in [7, 11) is 0. The number of alkyl halides is 3. The van der Waals surface area contributed by atoms with Gasteiger partial charge in [-0.1, -0.05) is 40.5 Å². The Morgan fingerprint density at radius 3 is 2.62 bits per heavy atom. The first-order chi connectivity index (χ1) is 16.1. The minimum atomic E-state index is -4.76. The number of hydrogen-bond donors (Lipinski definition) is 2. The van der Waals surface area contributed by atoms with Gasteiger partial charge in [0.2, 0.25) is 0 Å². The highest BCUT2D eigenvalue weighted by Crippen LogP contribution is 2.49. The van der Waals surface area contributed by atoms with Crippen molar-refractivity contribution in [1.82, 2.24) is 10.4 Å². The smallest absolute Gasteiger partial charge is 0.374 e. The zero-order valence-electron chi connectivity index (χ0n) is 17.6. The van der Waals surface area contributed by atoms with Gasteiger partial charge in [-0.3, -0.25) is 20.6 Å². The molecule has 6 nitrogen and oxygen atoms in total. The van der Waals surface area contributed by atoms with Gasteiger partial charge in [-0.05, 0) is 48.9 Å². The summed E-state index contributed by atoms with van der Waals surface area (Å²) in [5, 5.41) is 4.17. The zero-order chi connectivity index (χ0) is 24.5. The van der Waals surface area contributed by atoms with Crippen LogP contribution in [0.2, 0.25) is 10.0 Å². The van der Waals surface area contributed by atoms with Gasteiger partial charge >= 0.3 is 6.18 Å². The maximum absolute atomic E-state index is 14.2. The molecule has 0 saturated heterocycles. The Morgan fingerprint density at radius 1 is 1.15 bits per heavy atom. The highest BCUT2D eigenvalue weighted by atomic mass is 35.5. The molecule has 1 aliphatic heterocycles. The molecule has 176 valence electrons. The van der Waals surface area contributed by atoms with Crippen LogP contribution in [-0.2, 0) is 10.4 Å². The van der Waals surface area contributed by atoms with E-state index in [9.17, 15) is 18.0 Å². The molecule has 0 aliphatic carbocycles. The fraction of sp³-hybridized carbons (Fsp3) is 0.174. The largest absolute Gasteiger partial charge is 0.435 e. The van der Waals surface area contributed by atoms with Gasteiger partial charge in [-0.25, -0.2) is 0 Å². The Hall–Kier alpha value is -3.30. The molecule has 0 fully saturated rings. The average molecular weight is 509 g/mol. The molecule has 0 radical (unpaired) electrons. The van der Waals surface area contributed by atoms with Crippen molar-refractivity contribution in [2.75, 3.05) is 5.43 Å². The summed E-state index contributed by atoms with van der Waals surface area (Å²) >= 11 is 12.2. The van der Waals surface area contributed by atoms with Gasteiger partial charge in [0.05, 0.1) is 22.0 Å². The molecule has 1 amide bonds. The SMILES string of the molecule is Cc1cc(Cl)cc(C2(C(F)(F)F)CC(c3ccc(Cl)c(NNC(=O)c4cccnc4)c3)=NO2)c1. The molecule has 3 aromatic rings. The van der Waals surface area contributed by atoms with E-state index < -0.39 is 24.1 Å². The van der Waals surface area contributed by atoms with E-state index in [1.165, 1.54) is 42.7 Å². The lowest BCUT2D eigenvalue weighted by Gasteiger charge is -2.29. The second-order valence-electron chi connectivity index (χ2n) is 7.66. The lowest BCUT2D eigenvalue weighted by Crippen LogP contribution is -2.42. The first-order valence-corrected chi connectivity index (χ1v) is 10.7. The molecule has 34 heavy (non-hydrogen) atoms. The Labute approximate surface area is 202 Å². The normalized spacial score (nSPS) is 17.6. The molecule has 2 N–H and O–H groups in total. The van der Waals surface area contributed by atoms with Gasteiger partial charge in [-0.2, -0.15) is 13.2 Å². The van der Waals surface area contributed by atoms with Crippen molar-refractivity contribution in [3.8, 4) is 0 Å². The lowest BCUT2D eigenvalue weighted by atomic mass is 9.86. The monoisotopic (exact) mass is 508 g/mol. The third-order valence-corrected chi connectivity index (χ3v) is 5.78. The van der Waals surface area contributed by atoms with Crippen molar-refractivity contribution in [3.05, 3.63) is 93.2 Å². The first kappa shape index (κ1) is 23.8. The van der Waals surface area contributed by atoms with Gasteiger partial charge in [0.15, 0.2) is 0 Å². The van der Waals surface area contributed by atoms with E-state index in [-0.39, 0.29) is 27.0 Å². The molecule has 4 rings (SSSR count). The van der Waals surface area contributed by atoms with Gasteiger partial charge in [0.1, 0.15) is 0 Å². The zero-order valence-corrected chi connectivity index (χ0v) is 19.1. The highest BCUT2D eigenvalue weighted by Gasteiger charge is 2.62. The first-order valence-electron chi connectivity index (χ1n) is 9.95. The van der Waals surface area contributed by atoms with Crippen LogP contribution in [-0.4, -0.2) is 22.8 Å². The van der Waals surface area contributed by atoms with Crippen LogP contribution < -0.4 is 10.9 Å². The van der Waals surface area contributed by atoms with Crippen LogP contribution in [0.4, 0.5) is 18.9 Å². The highest BCUT2D eigenvalue weighted by molar-refractivity contribution is 6.33. The molecule has 1 unspecified atom stereocenters. The van der Waals surface area contributed by atoms with Crippen LogP contribution in [0.25, 0.3) is 0 Å². The number of aromatic nitrogens is 1. The number of aryl methyl sites for hydroxylation is 1. The molecule has 2 aromatic carbocycles. The van der Waals surface area contributed by atoms with Gasteiger partial charge in [0, 0.05) is 35.0 Å². The average Bonchev–Trinajstić information content (AvgIpc) is 3.25. The summed E-state index contributed by atoms with van der Waals surface area (Å²) in [4.78, 5) is 21.2. The molecule has 0 spiro atoms. The molecule has 1 atom stereocenters. The van der Waals surface area contributed by atoms with Gasteiger partial charge in [-0.15, -0.1) is 0 Å². The quantitative estimate of drug-likeness (QED) is 0.412. The Balaban J connectivity index is 1.58. The van der Waals surface area contributed by atoms with Crippen LogP contribution in [0.5, 0.6) is 0 Å². The van der Waals surface area contributed by atoms with Crippen LogP contribution in [0.1, 0.15) is 33.5 Å². The number of amides is 1. The number of benzene rings is 2. The third kappa shape index (κ3) is 4.67. The predicted molar refractivity (Wildman–Crippen MR) is 123 cm³/mol. The molecule has 11 heteroatoms. The number of anilines is 1. The topological polar surface area (TPSA) is 75.6 Å². The van der Waals surface area contributed by atoms with Crippen LogP contribution in [0.3, 0.4) is 0 Å². The number of halogens is 5. The maximum Gasteiger partial charge on any atom is 0.435 e. The fourth-order valence-corrected chi connectivity index (χ4v) is 3.98. The number of rotatable bonds is 5. The Bertz CT molecular complexity index is 1250. The van der Waals surface area contributed by atoms with E-state index in [1.807, 2.05) is 0 Å². The summed E-state index contributed by atoms with van der Waals surface area (Å²) in [5.41, 5.74) is 3.87. The standard InChI is InChI=1S/C23H17Cl2F3N4O2/c1-13-7-16(10-17(24)8-13)22(23(26,27)28)11-20(32-34-22)14-4-5-18(25)19(9-14)30-31-21(33)15-3-2-6-29-12-15/h2-10,12,30H,11H2,1H3,(H,31,33). The number of hydrogen-bond acceptors (Lipinski definition) is 5. The number of oxime groups is 1. The van der Waals surface area contributed by atoms with E-state index >= 15 is 0 Å². The van der Waals surface area contributed by atoms with Crippen molar-refractivity contribution >= 4 is 40.5 Å². The molecule has 0 bridgehead atoms. The summed E-state index contributed by atoms with van der Waals surface area (Å²) in [5.74, 6) is -0.469. The molecule has 2 heterocycles. The van der Waals surface area contributed by atoms with Crippen molar-refractivity contribution < 1.29 is 22.8 Å². The number of carbonyl (C=O) groups excluding carboxylic acids is 1. The molecular formula is C23H17Cl2F3N4O2. The van der Waals surface area contributed by atoms with Crippen molar-refractivity contribution in [2.24, 2.45) is 5.16 Å². The Kier molecular flexibility index (Phi) is 6.42. The maximum atomic E-state index is 14.2. The molecule has 1 aromatic heterocycles. The van der Waals surface area contributed by atoms with Crippen LogP contribution >= 0.6 is 23.2 Å². The van der Waals surface area contributed by atoms with Crippen molar-refractivity contribution in [2.45, 2.75) is 25.1 Å². The third-order valence-electron chi connectivity index (χ3n) is 5.23. The van der Waals surface area contributed by atoms with E-state index in [0.717, 1.165) is 0 Å². The van der Waals surface area contributed by atoms with Crippen molar-refractivity contribution in [3.63, 3.8) is 0 Å². The molecule has 0 saturated carbocycles. The lowest BCUT2D eigenvalue weighted by molar-refractivity contribution is -0.275. The summed E-state index contributed by atoms with van der Waals surface area (Å²) < 4.78 is 42.7. The Morgan fingerprint density at radius 2 is 1.94 bits per heavy atom. The predicted octanol–water partition coefficient (Wildman–Crippen LogP) is 6.04. The summed E-state index contributed by atoms with van der Waals surface area (Å²) in [6, 6.07) is 11.8. The molecular weight excluding hydrogens is 492 g/mol. The van der Waals surface area contributed by atoms with Crippen molar-refractivity contribution in [1.29, 1.82) is 0 Å². The van der Waals surface area contributed by atoms with E-state index in [4.69, 9.17) is 28.0 Å². The van der Waals surface area contributed by atoms with Crippen LogP contribution in [0, 0.1) is 6.92 Å². The number of carbonyl (C=O) groups is 1. The number of hydrazine groups is 1. The van der Waals surface area contributed by atoms with Gasteiger partial charge in [0.25, 0.3) is 11.5 Å². The number of nitrogens with zero attached hydrogens (tertiary/aromatic N) is 2. The second kappa shape index (κ2) is 9.15. The summed E-state index contributed by atoms with van der Waals surface area (Å²) in [6.45, 7) is 1.65. The minimum Gasteiger partial charge on any atom is -0.374 e. The van der Waals surface area contributed by atoms with E-state index in [2.05, 4.69) is 21.0 Å². The second-order valence-corrected chi connectivity index (χ2v) is 8.51. The number of pyridine rings is 1. The van der Waals surface area contributed by atoms with E-state index in [1.54, 1.807) is 25.1 Å².